The Labute approximate surface area is 122 Å². The molecule has 0 fully saturated rings. The van der Waals surface area contributed by atoms with Crippen molar-refractivity contribution in [1.82, 2.24) is 0 Å². The van der Waals surface area contributed by atoms with Crippen molar-refractivity contribution in [2.75, 3.05) is 13.2 Å². The van der Waals surface area contributed by atoms with Gasteiger partial charge in [-0.05, 0) is 19.1 Å². The van der Waals surface area contributed by atoms with Crippen LogP contribution in [0, 0.1) is 6.92 Å². The molecular formula is C14H20O7. The third-order valence-electron chi connectivity index (χ3n) is 3.00. The molecule has 4 atom stereocenters. The molecule has 0 aromatic heterocycles. The summed E-state index contributed by atoms with van der Waals surface area (Å²) < 4.78 is 4.81. The highest BCUT2D eigenvalue weighted by Crippen LogP contribution is 2.08. The van der Waals surface area contributed by atoms with Crippen molar-refractivity contribution in [3.05, 3.63) is 35.4 Å². The number of aliphatic hydroxyl groups excluding tert-OH is 5. The van der Waals surface area contributed by atoms with Crippen molar-refractivity contribution in [3.8, 4) is 0 Å². The van der Waals surface area contributed by atoms with Gasteiger partial charge in [0.1, 0.15) is 31.0 Å². The maximum absolute atomic E-state index is 11.7. The highest BCUT2D eigenvalue weighted by Gasteiger charge is 2.30. The average molecular weight is 300 g/mol. The van der Waals surface area contributed by atoms with E-state index in [0.717, 1.165) is 5.56 Å². The molecule has 7 heteroatoms. The van der Waals surface area contributed by atoms with Gasteiger partial charge >= 0.3 is 5.97 Å². The Morgan fingerprint density at radius 3 is 2.10 bits per heavy atom. The molecule has 0 aliphatic rings. The number of rotatable bonds is 7. The molecule has 0 amide bonds. The van der Waals surface area contributed by atoms with Crippen LogP contribution < -0.4 is 0 Å². The first-order valence-electron chi connectivity index (χ1n) is 6.43. The predicted octanol–water partition coefficient (Wildman–Crippen LogP) is -1.41. The molecule has 7 nitrogen and oxygen atoms in total. The van der Waals surface area contributed by atoms with Gasteiger partial charge in [0.05, 0.1) is 12.2 Å². The summed E-state index contributed by atoms with van der Waals surface area (Å²) in [5.74, 6) is -0.682. The lowest BCUT2D eigenvalue weighted by Gasteiger charge is -2.25. The summed E-state index contributed by atoms with van der Waals surface area (Å²) in [6, 6.07) is 6.57. The number of aryl methyl sites for hydroxylation is 1. The fourth-order valence-electron chi connectivity index (χ4n) is 1.60. The van der Waals surface area contributed by atoms with E-state index in [4.69, 9.17) is 14.9 Å². The van der Waals surface area contributed by atoms with Gasteiger partial charge in [-0.2, -0.15) is 0 Å². The third kappa shape index (κ3) is 5.07. The van der Waals surface area contributed by atoms with Crippen molar-refractivity contribution in [2.24, 2.45) is 0 Å². The zero-order chi connectivity index (χ0) is 16.0. The number of carbonyl (C=O) groups excluding carboxylic acids is 1. The number of carbonyl (C=O) groups is 1. The van der Waals surface area contributed by atoms with Crippen LogP contribution in [-0.4, -0.2) is 69.1 Å². The Hall–Kier alpha value is -1.51. The van der Waals surface area contributed by atoms with Crippen LogP contribution >= 0.6 is 0 Å². The molecule has 1 rings (SSSR count). The van der Waals surface area contributed by atoms with Crippen LogP contribution in [0.1, 0.15) is 15.9 Å². The van der Waals surface area contributed by atoms with Gasteiger partial charge in [-0.25, -0.2) is 4.79 Å². The molecule has 0 radical (unpaired) electrons. The zero-order valence-corrected chi connectivity index (χ0v) is 11.6. The molecule has 0 saturated carbocycles. The fourth-order valence-corrected chi connectivity index (χ4v) is 1.60. The number of aliphatic hydroxyl groups is 5. The van der Waals surface area contributed by atoms with Crippen molar-refractivity contribution in [1.29, 1.82) is 0 Å². The first kappa shape index (κ1) is 17.5. The number of hydrogen-bond donors (Lipinski definition) is 5. The molecule has 0 saturated heterocycles. The van der Waals surface area contributed by atoms with Gasteiger partial charge in [-0.1, -0.05) is 17.7 Å². The number of hydrogen-bond acceptors (Lipinski definition) is 7. The van der Waals surface area contributed by atoms with Crippen LogP contribution in [0.3, 0.4) is 0 Å². The summed E-state index contributed by atoms with van der Waals surface area (Å²) in [5.41, 5.74) is 1.27. The van der Waals surface area contributed by atoms with Crippen molar-refractivity contribution in [3.63, 3.8) is 0 Å². The van der Waals surface area contributed by atoms with E-state index in [0.29, 0.717) is 5.56 Å². The van der Waals surface area contributed by atoms with Crippen molar-refractivity contribution in [2.45, 2.75) is 31.3 Å². The first-order chi connectivity index (χ1) is 9.86. The second kappa shape index (κ2) is 8.06. The Morgan fingerprint density at radius 2 is 1.57 bits per heavy atom. The Kier molecular flexibility index (Phi) is 6.73. The standard InChI is InChI=1S/C14H20O7/c1-8-2-4-9(5-3-8)14(20)21-7-11(17)13(19)12(18)10(16)6-15/h2-5,10-13,15-19H,6-7H2,1H3/t10-,11+,12-,13-/m1/s1. The van der Waals surface area contributed by atoms with Gasteiger partial charge in [0.15, 0.2) is 0 Å². The highest BCUT2D eigenvalue weighted by atomic mass is 16.5. The molecular weight excluding hydrogens is 280 g/mol. The summed E-state index contributed by atoms with van der Waals surface area (Å²) >= 11 is 0. The van der Waals surface area contributed by atoms with E-state index in [1.165, 1.54) is 0 Å². The van der Waals surface area contributed by atoms with Crippen LogP contribution in [0.25, 0.3) is 0 Å². The smallest absolute Gasteiger partial charge is 0.338 e. The molecule has 1 aromatic rings. The summed E-state index contributed by atoms with van der Waals surface area (Å²) in [7, 11) is 0. The van der Waals surface area contributed by atoms with Gasteiger partial charge in [0, 0.05) is 0 Å². The topological polar surface area (TPSA) is 127 Å². The largest absolute Gasteiger partial charge is 0.459 e. The van der Waals surface area contributed by atoms with E-state index < -0.39 is 43.6 Å². The molecule has 0 heterocycles. The van der Waals surface area contributed by atoms with E-state index in [-0.39, 0.29) is 0 Å². The van der Waals surface area contributed by atoms with E-state index in [1.54, 1.807) is 24.3 Å². The Bertz CT molecular complexity index is 445. The van der Waals surface area contributed by atoms with E-state index >= 15 is 0 Å². The van der Waals surface area contributed by atoms with Crippen LogP contribution in [0.5, 0.6) is 0 Å². The number of benzene rings is 1. The molecule has 0 unspecified atom stereocenters. The SMILES string of the molecule is Cc1ccc(C(=O)OC[C@H](O)[C@@H](O)[C@H](O)[C@H](O)CO)cc1. The van der Waals surface area contributed by atoms with Crippen LogP contribution in [0.2, 0.25) is 0 Å². The van der Waals surface area contributed by atoms with Crippen molar-refractivity contribution < 1.29 is 35.1 Å². The maximum atomic E-state index is 11.7. The van der Waals surface area contributed by atoms with E-state index in [2.05, 4.69) is 0 Å². The molecule has 0 aliphatic heterocycles. The molecule has 1 aromatic carbocycles. The maximum Gasteiger partial charge on any atom is 0.338 e. The Morgan fingerprint density at radius 1 is 1.05 bits per heavy atom. The number of ether oxygens (including phenoxy) is 1. The van der Waals surface area contributed by atoms with Gasteiger partial charge in [-0.15, -0.1) is 0 Å². The second-order valence-electron chi connectivity index (χ2n) is 4.76. The lowest BCUT2D eigenvalue weighted by Crippen LogP contribution is -2.47. The summed E-state index contributed by atoms with van der Waals surface area (Å²) in [5, 5.41) is 46.3. The highest BCUT2D eigenvalue weighted by molar-refractivity contribution is 5.89. The van der Waals surface area contributed by atoms with Crippen LogP contribution in [0.15, 0.2) is 24.3 Å². The minimum absolute atomic E-state index is 0.290. The van der Waals surface area contributed by atoms with E-state index in [1.807, 2.05) is 6.92 Å². The quantitative estimate of drug-likeness (QED) is 0.391. The minimum atomic E-state index is -1.75. The van der Waals surface area contributed by atoms with Crippen LogP contribution in [0.4, 0.5) is 0 Å². The lowest BCUT2D eigenvalue weighted by molar-refractivity contribution is -0.124. The zero-order valence-electron chi connectivity index (χ0n) is 11.6. The number of esters is 1. The van der Waals surface area contributed by atoms with Gasteiger partial charge < -0.3 is 30.3 Å². The molecule has 0 spiro atoms. The minimum Gasteiger partial charge on any atom is -0.459 e. The third-order valence-corrected chi connectivity index (χ3v) is 3.00. The summed E-state index contributed by atoms with van der Waals surface area (Å²) in [6.07, 6.45) is -6.68. The van der Waals surface area contributed by atoms with E-state index in [9.17, 15) is 20.1 Å². The monoisotopic (exact) mass is 300 g/mol. The van der Waals surface area contributed by atoms with Gasteiger partial charge in [0.2, 0.25) is 0 Å². The normalized spacial score (nSPS) is 16.9. The molecule has 0 aliphatic carbocycles. The predicted molar refractivity (Wildman–Crippen MR) is 72.6 cm³/mol. The van der Waals surface area contributed by atoms with Crippen LogP contribution in [-0.2, 0) is 4.74 Å². The van der Waals surface area contributed by atoms with Crippen molar-refractivity contribution >= 4 is 5.97 Å². The second-order valence-corrected chi connectivity index (χ2v) is 4.76. The van der Waals surface area contributed by atoms with Gasteiger partial charge in [0.25, 0.3) is 0 Å². The molecule has 118 valence electrons. The first-order valence-corrected chi connectivity index (χ1v) is 6.43. The Balaban J connectivity index is 2.50. The molecule has 21 heavy (non-hydrogen) atoms. The molecule has 5 N–H and O–H groups in total. The lowest BCUT2D eigenvalue weighted by atomic mass is 10.0. The summed E-state index contributed by atoms with van der Waals surface area (Å²) in [6.45, 7) is 0.542. The fraction of sp³-hybridized carbons (Fsp3) is 0.500. The van der Waals surface area contributed by atoms with Gasteiger partial charge in [-0.3, -0.25) is 0 Å². The summed E-state index contributed by atoms with van der Waals surface area (Å²) in [4.78, 5) is 11.7. The average Bonchev–Trinajstić information content (AvgIpc) is 2.50. The molecule has 0 bridgehead atoms.